The molecule has 1 saturated carbocycles. The van der Waals surface area contributed by atoms with E-state index < -0.39 is 12.6 Å². The Balaban J connectivity index is 1.02. The lowest BCUT2D eigenvalue weighted by molar-refractivity contribution is -0.126. The molecule has 4 aromatic heterocycles. The molecular formula is C35H34F3N9OS. The third kappa shape index (κ3) is 6.61. The Morgan fingerprint density at radius 1 is 1.16 bits per heavy atom. The van der Waals surface area contributed by atoms with E-state index in [4.69, 9.17) is 5.73 Å². The second-order valence-electron chi connectivity index (χ2n) is 12.7. The number of halogens is 3. The fraction of sp³-hybridized carbons (Fsp3) is 0.343. The van der Waals surface area contributed by atoms with Crippen LogP contribution in [-0.4, -0.2) is 61.7 Å². The van der Waals surface area contributed by atoms with Gasteiger partial charge in [-0.25, -0.2) is 9.97 Å². The van der Waals surface area contributed by atoms with Gasteiger partial charge in [0.05, 0.1) is 29.7 Å². The van der Waals surface area contributed by atoms with Gasteiger partial charge in [0.15, 0.2) is 0 Å². The van der Waals surface area contributed by atoms with Crippen LogP contribution in [0.4, 0.5) is 24.7 Å². The second-order valence-corrected chi connectivity index (χ2v) is 13.8. The summed E-state index contributed by atoms with van der Waals surface area (Å²) < 4.78 is 40.9. The predicted octanol–water partition coefficient (Wildman–Crippen LogP) is 6.19. The van der Waals surface area contributed by atoms with Gasteiger partial charge in [0.2, 0.25) is 5.91 Å². The number of hydrogen-bond donors (Lipinski definition) is 3. The second kappa shape index (κ2) is 12.9. The lowest BCUT2D eigenvalue weighted by atomic mass is 10.0. The maximum Gasteiger partial charge on any atom is 0.393 e. The number of aryl methyl sites for hydroxylation is 1. The summed E-state index contributed by atoms with van der Waals surface area (Å²) in [5.41, 5.74) is 11.8. The molecular weight excluding hydrogens is 652 g/mol. The van der Waals surface area contributed by atoms with Crippen molar-refractivity contribution in [2.75, 3.05) is 23.7 Å². The summed E-state index contributed by atoms with van der Waals surface area (Å²) in [7, 11) is 0. The van der Waals surface area contributed by atoms with E-state index in [0.29, 0.717) is 27.4 Å². The van der Waals surface area contributed by atoms with Gasteiger partial charge in [-0.15, -0.1) is 11.3 Å². The number of likely N-dealkylation sites (tertiary alicyclic amines) is 1. The van der Waals surface area contributed by atoms with Crippen molar-refractivity contribution in [3.8, 4) is 6.07 Å². The number of amides is 1. The third-order valence-corrected chi connectivity index (χ3v) is 10.6. The van der Waals surface area contributed by atoms with Crippen LogP contribution in [0.3, 0.4) is 0 Å². The van der Waals surface area contributed by atoms with Crippen molar-refractivity contribution < 1.29 is 18.0 Å². The molecule has 3 unspecified atom stereocenters. The highest BCUT2D eigenvalue weighted by Gasteiger charge is 2.52. The fourth-order valence-corrected chi connectivity index (χ4v) is 7.96. The van der Waals surface area contributed by atoms with E-state index in [-0.39, 0.29) is 34.8 Å². The molecule has 7 rings (SSSR count). The van der Waals surface area contributed by atoms with Gasteiger partial charge in [-0.05, 0) is 67.3 Å². The van der Waals surface area contributed by atoms with E-state index in [2.05, 4.69) is 62.2 Å². The largest absolute Gasteiger partial charge is 0.393 e. The zero-order chi connectivity index (χ0) is 34.4. The first-order valence-electron chi connectivity index (χ1n) is 16.0. The minimum Gasteiger partial charge on any atom is -0.367 e. The molecule has 0 radical (unpaired) electrons. The van der Waals surface area contributed by atoms with Gasteiger partial charge in [-0.2, -0.15) is 18.4 Å². The van der Waals surface area contributed by atoms with Gasteiger partial charge in [0.25, 0.3) is 0 Å². The van der Waals surface area contributed by atoms with Crippen LogP contribution in [-0.2, 0) is 17.8 Å². The number of nitrogens with zero attached hydrogens (tertiary/aromatic N) is 6. The number of carbonyl (C=O) groups excluding carboxylic acids is 1. The number of nitriles is 1. The number of pyridine rings is 1. The number of benzene rings is 1. The van der Waals surface area contributed by atoms with Crippen LogP contribution < -0.4 is 16.4 Å². The van der Waals surface area contributed by atoms with Crippen molar-refractivity contribution in [2.45, 2.75) is 63.0 Å². The van der Waals surface area contributed by atoms with Gasteiger partial charge in [-0.3, -0.25) is 14.7 Å². The molecule has 49 heavy (non-hydrogen) atoms. The van der Waals surface area contributed by atoms with E-state index in [0.717, 1.165) is 66.0 Å². The summed E-state index contributed by atoms with van der Waals surface area (Å²) in [4.78, 5) is 27.9. The molecule has 10 nitrogen and oxygen atoms in total. The number of rotatable bonds is 9. The number of carbonyl (C=O) groups is 1. The fourth-order valence-electron chi connectivity index (χ4n) is 6.93. The van der Waals surface area contributed by atoms with Crippen LogP contribution in [0.2, 0.25) is 0 Å². The monoisotopic (exact) mass is 685 g/mol. The van der Waals surface area contributed by atoms with E-state index in [1.54, 1.807) is 18.3 Å². The number of aromatic nitrogens is 4. The maximum absolute atomic E-state index is 13.0. The van der Waals surface area contributed by atoms with Gasteiger partial charge in [0.1, 0.15) is 28.7 Å². The van der Waals surface area contributed by atoms with E-state index in [9.17, 15) is 23.2 Å². The number of thiophene rings is 1. The molecule has 3 atom stereocenters. The van der Waals surface area contributed by atoms with Gasteiger partial charge < -0.3 is 20.9 Å². The van der Waals surface area contributed by atoms with E-state index in [1.807, 2.05) is 16.7 Å². The predicted molar refractivity (Wildman–Crippen MR) is 183 cm³/mol. The lowest BCUT2D eigenvalue weighted by Gasteiger charge is -2.33. The molecule has 1 aromatic carbocycles. The van der Waals surface area contributed by atoms with Crippen molar-refractivity contribution in [1.82, 2.24) is 24.4 Å². The quantitative estimate of drug-likeness (QED) is 0.156. The van der Waals surface area contributed by atoms with Crippen LogP contribution >= 0.6 is 11.3 Å². The summed E-state index contributed by atoms with van der Waals surface area (Å²) in [6.45, 7) is 8.01. The summed E-state index contributed by atoms with van der Waals surface area (Å²) in [6.07, 6.45) is 0.673. The minimum atomic E-state index is -4.27. The molecule has 0 bridgehead atoms. The molecule has 252 valence electrons. The number of nitrogens with one attached hydrogen (secondary N) is 2. The van der Waals surface area contributed by atoms with Crippen molar-refractivity contribution in [2.24, 2.45) is 5.73 Å². The van der Waals surface area contributed by atoms with Crippen LogP contribution in [0.15, 0.2) is 61.6 Å². The number of hydrogen-bond acceptors (Lipinski definition) is 9. The van der Waals surface area contributed by atoms with E-state index in [1.165, 1.54) is 18.0 Å². The standard InChI is InChI=1S/C35H34F3N9OS/c1-3-29(48)44-22-5-6-27(41-16-22)30-31(40)32(30)47-23(15-39)12-25-19(2)20(4-7-28(25)47)17-46-10-8-21(9-11-46)45-33-26-13-24(14-35(36,37)38)49-34(26)43-18-42-33/h3-7,12-13,16,18,21,30-32H,1,8-11,14,17,40H2,2H3,(H,44,48)(H,42,43,45). The Labute approximate surface area is 284 Å². The number of alkyl halides is 3. The molecule has 1 saturated heterocycles. The van der Waals surface area contributed by atoms with Crippen LogP contribution in [0.5, 0.6) is 0 Å². The maximum atomic E-state index is 13.0. The lowest BCUT2D eigenvalue weighted by Crippen LogP contribution is -2.39. The number of piperidine rings is 1. The average molecular weight is 686 g/mol. The van der Waals surface area contributed by atoms with Gasteiger partial charge in [0, 0.05) is 59.1 Å². The van der Waals surface area contributed by atoms with Crippen molar-refractivity contribution >= 4 is 49.9 Å². The van der Waals surface area contributed by atoms with Crippen LogP contribution in [0.25, 0.3) is 21.1 Å². The normalized spacial score (nSPS) is 20.0. The highest BCUT2D eigenvalue weighted by molar-refractivity contribution is 7.18. The van der Waals surface area contributed by atoms with Crippen molar-refractivity contribution in [3.05, 3.63) is 89.0 Å². The highest BCUT2D eigenvalue weighted by Crippen LogP contribution is 2.52. The summed E-state index contributed by atoms with van der Waals surface area (Å²) in [5.74, 6) is 0.200. The highest BCUT2D eigenvalue weighted by atomic mass is 32.1. The summed E-state index contributed by atoms with van der Waals surface area (Å²) >= 11 is 1.05. The minimum absolute atomic E-state index is 0.0677. The third-order valence-electron chi connectivity index (χ3n) is 9.51. The van der Waals surface area contributed by atoms with Crippen molar-refractivity contribution in [1.29, 1.82) is 5.26 Å². The molecule has 1 aliphatic carbocycles. The molecule has 1 amide bonds. The van der Waals surface area contributed by atoms with Crippen LogP contribution in [0.1, 0.15) is 52.2 Å². The Morgan fingerprint density at radius 3 is 2.65 bits per heavy atom. The van der Waals surface area contributed by atoms with Crippen LogP contribution in [0, 0.1) is 18.3 Å². The number of anilines is 2. The Morgan fingerprint density at radius 2 is 1.96 bits per heavy atom. The van der Waals surface area contributed by atoms with Gasteiger partial charge in [-0.1, -0.05) is 12.6 Å². The molecule has 2 fully saturated rings. The smallest absolute Gasteiger partial charge is 0.367 e. The van der Waals surface area contributed by atoms with E-state index >= 15 is 0 Å². The topological polar surface area (TPSA) is 138 Å². The SMILES string of the molecule is C=CC(=O)Nc1ccc(C2C(N)C2n2c(C#N)cc3c(C)c(CN4CCC(Nc5ncnc6sc(CC(F)(F)F)cc56)CC4)ccc32)nc1. The molecule has 1 aliphatic heterocycles. The first kappa shape index (κ1) is 32.7. The average Bonchev–Trinajstić information content (AvgIpc) is 3.37. The first-order valence-corrected chi connectivity index (χ1v) is 16.8. The first-order chi connectivity index (χ1) is 23.5. The Bertz CT molecular complexity index is 2090. The Kier molecular flexibility index (Phi) is 8.60. The zero-order valence-electron chi connectivity index (χ0n) is 26.7. The zero-order valence-corrected chi connectivity index (χ0v) is 27.5. The van der Waals surface area contributed by atoms with Gasteiger partial charge >= 0.3 is 6.18 Å². The summed E-state index contributed by atoms with van der Waals surface area (Å²) in [5, 5.41) is 17.9. The molecule has 14 heteroatoms. The molecule has 5 aromatic rings. The molecule has 4 N–H and O–H groups in total. The molecule has 0 spiro atoms. The summed E-state index contributed by atoms with van der Waals surface area (Å²) in [6, 6.07) is 13.5. The number of nitrogens with two attached hydrogens (primary N) is 1. The number of fused-ring (bicyclic) bond motifs is 2. The van der Waals surface area contributed by atoms with Crippen molar-refractivity contribution in [3.63, 3.8) is 0 Å². The Hall–Kier alpha value is -4.84. The molecule has 5 heterocycles. The molecule has 2 aliphatic rings.